The van der Waals surface area contributed by atoms with Gasteiger partial charge >= 0.3 is 5.69 Å². The first-order valence-electron chi connectivity index (χ1n) is 8.37. The number of hydrogen-bond donors (Lipinski definition) is 4. The summed E-state index contributed by atoms with van der Waals surface area (Å²) in [6.45, 7) is 1.87. The third-order valence-electron chi connectivity index (χ3n) is 5.13. The fourth-order valence-corrected chi connectivity index (χ4v) is 3.44. The summed E-state index contributed by atoms with van der Waals surface area (Å²) in [5.74, 6) is -0.135. The molecule has 2 aromatic rings. The van der Waals surface area contributed by atoms with Gasteiger partial charge in [-0.25, -0.2) is 9.36 Å². The molecule has 4 atom stereocenters. The van der Waals surface area contributed by atoms with Gasteiger partial charge in [0.2, 0.25) is 5.95 Å². The van der Waals surface area contributed by atoms with E-state index < -0.39 is 29.7 Å². The van der Waals surface area contributed by atoms with Gasteiger partial charge in [-0.15, -0.1) is 0 Å². The maximum atomic E-state index is 13.0. The van der Waals surface area contributed by atoms with Crippen molar-refractivity contribution in [3.8, 4) is 0 Å². The Bertz CT molecular complexity index is 927. The number of hydrogen-bond acceptors (Lipinski definition) is 7. The van der Waals surface area contributed by atoms with Gasteiger partial charge in [0, 0.05) is 12.5 Å². The second-order valence-electron chi connectivity index (χ2n) is 6.93. The highest BCUT2D eigenvalue weighted by molar-refractivity contribution is 5.71. The molecule has 3 heterocycles. The van der Waals surface area contributed by atoms with E-state index in [0.29, 0.717) is 12.5 Å². The van der Waals surface area contributed by atoms with Crippen molar-refractivity contribution in [2.75, 3.05) is 12.3 Å². The Labute approximate surface area is 141 Å². The summed E-state index contributed by atoms with van der Waals surface area (Å²) in [5, 5.41) is 19.9. The minimum atomic E-state index is -1.03. The second-order valence-corrected chi connectivity index (χ2v) is 6.93. The highest BCUT2D eigenvalue weighted by Crippen LogP contribution is 2.35. The normalized spacial score (nSPS) is 29.6. The molecule has 25 heavy (non-hydrogen) atoms. The molecular weight excluding hydrogens is 330 g/mol. The summed E-state index contributed by atoms with van der Waals surface area (Å²) in [6, 6.07) is 0. The van der Waals surface area contributed by atoms with Gasteiger partial charge in [0.25, 0.3) is 5.56 Å². The molecule has 5 N–H and O–H groups in total. The van der Waals surface area contributed by atoms with Gasteiger partial charge in [0.15, 0.2) is 17.4 Å². The number of aliphatic hydroxyl groups excluding tert-OH is 2. The van der Waals surface area contributed by atoms with Crippen LogP contribution in [0.5, 0.6) is 0 Å². The largest absolute Gasteiger partial charge is 0.394 e. The molecule has 10 nitrogen and oxygen atoms in total. The van der Waals surface area contributed by atoms with Crippen LogP contribution in [0, 0.1) is 11.8 Å². The first-order valence-corrected chi connectivity index (χ1v) is 8.37. The van der Waals surface area contributed by atoms with Crippen molar-refractivity contribution in [2.45, 2.75) is 44.7 Å². The van der Waals surface area contributed by atoms with Crippen molar-refractivity contribution in [2.24, 2.45) is 11.8 Å². The number of nitrogens with one attached hydrogen (secondary N) is 1. The van der Waals surface area contributed by atoms with E-state index in [1.54, 1.807) is 6.92 Å². The minimum absolute atomic E-state index is 0.0849. The smallest absolute Gasteiger partial charge is 0.332 e. The topological polar surface area (TPSA) is 148 Å². The van der Waals surface area contributed by atoms with Crippen molar-refractivity contribution in [1.29, 1.82) is 0 Å². The van der Waals surface area contributed by atoms with Crippen LogP contribution in [-0.2, 0) is 11.3 Å². The molecule has 2 aliphatic rings. The Hall–Kier alpha value is -2.17. The van der Waals surface area contributed by atoms with Gasteiger partial charge < -0.3 is 20.7 Å². The van der Waals surface area contributed by atoms with Crippen LogP contribution in [0.2, 0.25) is 0 Å². The third-order valence-corrected chi connectivity index (χ3v) is 5.13. The maximum absolute atomic E-state index is 13.0. The molecule has 1 saturated heterocycles. The molecule has 136 valence electrons. The zero-order valence-electron chi connectivity index (χ0n) is 13.8. The quantitative estimate of drug-likeness (QED) is 0.538. The SMILES string of the molecule is CC1C(CO)OC(n2c(=O)n(CC3CC3)c3c(=O)[nH]c(N)nc32)C1O. The molecule has 0 radical (unpaired) electrons. The van der Waals surface area contributed by atoms with E-state index in [4.69, 9.17) is 10.5 Å². The Kier molecular flexibility index (Phi) is 3.71. The van der Waals surface area contributed by atoms with Crippen LogP contribution in [0.4, 0.5) is 5.95 Å². The van der Waals surface area contributed by atoms with Gasteiger partial charge in [-0.3, -0.25) is 14.3 Å². The van der Waals surface area contributed by atoms with Crippen LogP contribution < -0.4 is 17.0 Å². The van der Waals surface area contributed by atoms with Gasteiger partial charge in [-0.05, 0) is 18.8 Å². The Morgan fingerprint density at radius 2 is 2.12 bits per heavy atom. The molecular formula is C15H21N5O5. The van der Waals surface area contributed by atoms with Gasteiger partial charge in [0.1, 0.15) is 6.10 Å². The zero-order chi connectivity index (χ0) is 17.9. The van der Waals surface area contributed by atoms with Crippen molar-refractivity contribution in [3.63, 3.8) is 0 Å². The number of aromatic amines is 1. The third kappa shape index (κ3) is 2.48. The molecule has 1 aliphatic carbocycles. The number of rotatable bonds is 4. The van der Waals surface area contributed by atoms with E-state index in [2.05, 4.69) is 9.97 Å². The Balaban J connectivity index is 1.93. The molecule has 0 amide bonds. The number of aromatic nitrogens is 4. The number of nitrogen functional groups attached to an aromatic ring is 1. The van der Waals surface area contributed by atoms with Crippen LogP contribution in [0.1, 0.15) is 26.0 Å². The lowest BCUT2D eigenvalue weighted by Gasteiger charge is -2.16. The molecule has 0 bridgehead atoms. The monoisotopic (exact) mass is 351 g/mol. The maximum Gasteiger partial charge on any atom is 0.332 e. The lowest BCUT2D eigenvalue weighted by Crippen LogP contribution is -2.33. The molecule has 2 aromatic heterocycles. The summed E-state index contributed by atoms with van der Waals surface area (Å²) in [7, 11) is 0. The number of ether oxygens (including phenoxy) is 1. The van der Waals surface area contributed by atoms with Crippen molar-refractivity contribution < 1.29 is 14.9 Å². The average Bonchev–Trinajstić information content (AvgIpc) is 3.28. The summed E-state index contributed by atoms with van der Waals surface area (Å²) in [5.41, 5.74) is 4.88. The van der Waals surface area contributed by atoms with Crippen LogP contribution in [0.3, 0.4) is 0 Å². The number of nitrogens with two attached hydrogens (primary N) is 1. The average molecular weight is 351 g/mol. The predicted molar refractivity (Wildman–Crippen MR) is 87.9 cm³/mol. The molecule has 10 heteroatoms. The van der Waals surface area contributed by atoms with E-state index in [9.17, 15) is 19.8 Å². The predicted octanol–water partition coefficient (Wildman–Crippen LogP) is -1.23. The highest BCUT2D eigenvalue weighted by Gasteiger charge is 2.43. The summed E-state index contributed by atoms with van der Waals surface area (Å²) >= 11 is 0. The number of H-pyrrole nitrogens is 1. The fourth-order valence-electron chi connectivity index (χ4n) is 3.44. The van der Waals surface area contributed by atoms with E-state index >= 15 is 0 Å². The lowest BCUT2D eigenvalue weighted by molar-refractivity contribution is -0.0510. The van der Waals surface area contributed by atoms with Gasteiger partial charge in [-0.2, -0.15) is 4.98 Å². The Morgan fingerprint density at radius 3 is 2.72 bits per heavy atom. The fraction of sp³-hybridized carbons (Fsp3) is 0.667. The minimum Gasteiger partial charge on any atom is -0.394 e. The first kappa shape index (κ1) is 16.3. The van der Waals surface area contributed by atoms with E-state index in [1.807, 2.05) is 0 Å². The summed E-state index contributed by atoms with van der Waals surface area (Å²) in [4.78, 5) is 31.9. The number of imidazole rings is 1. The van der Waals surface area contributed by atoms with E-state index in [0.717, 1.165) is 12.8 Å². The zero-order valence-corrected chi connectivity index (χ0v) is 13.8. The van der Waals surface area contributed by atoms with Crippen LogP contribution in [-0.4, -0.2) is 48.1 Å². The van der Waals surface area contributed by atoms with Crippen molar-refractivity contribution in [3.05, 3.63) is 20.8 Å². The van der Waals surface area contributed by atoms with Crippen LogP contribution in [0.25, 0.3) is 11.2 Å². The van der Waals surface area contributed by atoms with Crippen molar-refractivity contribution in [1.82, 2.24) is 19.1 Å². The number of aliphatic hydroxyl groups is 2. The van der Waals surface area contributed by atoms with Gasteiger partial charge in [0.05, 0.1) is 12.7 Å². The molecule has 1 saturated carbocycles. The summed E-state index contributed by atoms with van der Waals surface area (Å²) in [6.07, 6.45) is -0.640. The number of fused-ring (bicyclic) bond motifs is 1. The molecule has 1 aliphatic heterocycles. The first-order chi connectivity index (χ1) is 11.9. The molecule has 2 fully saturated rings. The van der Waals surface area contributed by atoms with Crippen LogP contribution >= 0.6 is 0 Å². The molecule has 4 rings (SSSR count). The molecule has 0 aromatic carbocycles. The van der Waals surface area contributed by atoms with E-state index in [-0.39, 0.29) is 29.6 Å². The number of anilines is 1. The van der Waals surface area contributed by atoms with Crippen molar-refractivity contribution >= 4 is 17.1 Å². The lowest BCUT2D eigenvalue weighted by atomic mass is 10.0. The number of nitrogens with zero attached hydrogens (tertiary/aromatic N) is 3. The molecule has 4 unspecified atom stereocenters. The molecule has 0 spiro atoms. The summed E-state index contributed by atoms with van der Waals surface area (Å²) < 4.78 is 8.24. The van der Waals surface area contributed by atoms with E-state index in [1.165, 1.54) is 9.13 Å². The standard InChI is InChI=1S/C15H21N5O5/c1-6-8(5-21)25-13(10(6)22)20-11-9(12(23)18-14(16)17-11)19(15(20)24)4-7-2-3-7/h6-8,10,13,21-22H,2-5H2,1H3,(H3,16,17,18,23). The van der Waals surface area contributed by atoms with Crippen LogP contribution in [0.15, 0.2) is 9.59 Å². The second kappa shape index (κ2) is 5.68. The highest BCUT2D eigenvalue weighted by atomic mass is 16.5. The Morgan fingerprint density at radius 1 is 1.40 bits per heavy atom. The van der Waals surface area contributed by atoms with Gasteiger partial charge in [-0.1, -0.05) is 6.92 Å².